The summed E-state index contributed by atoms with van der Waals surface area (Å²) in [7, 11) is 0. The van der Waals surface area contributed by atoms with E-state index < -0.39 is 34.6 Å². The fourth-order valence-electron chi connectivity index (χ4n) is 5.21. The van der Waals surface area contributed by atoms with Crippen LogP contribution in [0.2, 0.25) is 0 Å². The smallest absolute Gasteiger partial charge is 0.192 e. The Labute approximate surface area is 259 Å². The summed E-state index contributed by atoms with van der Waals surface area (Å²) >= 11 is 1.56. The quantitative estimate of drug-likeness (QED) is 0.111. The number of nitrogens with zero attached hydrogens (tertiary/aromatic N) is 4. The largest absolute Gasteiger partial charge is 0.419 e. The lowest BCUT2D eigenvalue weighted by molar-refractivity contribution is -0.0698. The van der Waals surface area contributed by atoms with E-state index in [1.807, 2.05) is 13.8 Å². The number of hydrogen-bond acceptors (Lipinski definition) is 6. The van der Waals surface area contributed by atoms with Crippen LogP contribution in [-0.2, 0) is 12.8 Å². The molecule has 0 aliphatic heterocycles. The number of nitriles is 4. The Balaban J connectivity index is 2.50. The summed E-state index contributed by atoms with van der Waals surface area (Å²) in [6, 6.07) is 8.02. The molecule has 1 aromatic carbocycles. The molecule has 0 saturated heterocycles. The predicted octanol–water partition coefficient (Wildman–Crippen LogP) is 11.1. The third kappa shape index (κ3) is 7.44. The van der Waals surface area contributed by atoms with Gasteiger partial charge in [0.1, 0.15) is 46.6 Å². The molecule has 230 valence electrons. The van der Waals surface area contributed by atoms with Crippen molar-refractivity contribution < 1.29 is 26.3 Å². The topological polar surface area (TPSA) is 95.2 Å². The van der Waals surface area contributed by atoms with E-state index in [9.17, 15) is 47.4 Å². The van der Waals surface area contributed by atoms with E-state index in [1.165, 1.54) is 36.4 Å². The summed E-state index contributed by atoms with van der Waals surface area (Å²) in [5.74, 6) is 0. The van der Waals surface area contributed by atoms with Gasteiger partial charge in [0.05, 0.1) is 0 Å². The van der Waals surface area contributed by atoms with Gasteiger partial charge in [-0.25, -0.2) is 0 Å². The Morgan fingerprint density at radius 1 is 0.591 bits per heavy atom. The van der Waals surface area contributed by atoms with Gasteiger partial charge in [-0.2, -0.15) is 47.4 Å². The van der Waals surface area contributed by atoms with Crippen LogP contribution in [-0.4, -0.2) is 12.4 Å². The molecule has 0 N–H and O–H groups in total. The highest BCUT2D eigenvalue weighted by atomic mass is 32.1. The zero-order valence-electron chi connectivity index (χ0n) is 24.1. The molecular formula is C32H28F6N4S2. The third-order valence-electron chi connectivity index (χ3n) is 7.23. The maximum atomic E-state index is 14.2. The molecule has 0 saturated carbocycles. The molecule has 0 radical (unpaired) electrons. The Hall–Kier alpha value is -3.84. The van der Waals surface area contributed by atoms with Crippen molar-refractivity contribution in [2.45, 2.75) is 90.4 Å². The Morgan fingerprint density at radius 3 is 1.20 bits per heavy atom. The summed E-state index contributed by atoms with van der Waals surface area (Å²) in [4.78, 5) is -0.611. The molecule has 2 heterocycles. The van der Waals surface area contributed by atoms with E-state index in [0.29, 0.717) is 57.0 Å². The van der Waals surface area contributed by atoms with E-state index in [4.69, 9.17) is 0 Å². The number of hydrogen-bond donors (Lipinski definition) is 0. The average molecular weight is 647 g/mol. The monoisotopic (exact) mass is 646 g/mol. The first-order chi connectivity index (χ1) is 20.9. The zero-order valence-corrected chi connectivity index (χ0v) is 25.7. The SMILES string of the molecule is CCCCCCc1c2cc(C(=C(C#N)C#N)C(F)(F)F)sc2c(CCCCCC)c2cc(C(=C(C#N)C#N)C(F)(F)F)sc12. The lowest BCUT2D eigenvalue weighted by Crippen LogP contribution is -2.11. The normalized spacial score (nSPS) is 11.5. The van der Waals surface area contributed by atoms with Gasteiger partial charge in [-0.1, -0.05) is 52.4 Å². The van der Waals surface area contributed by atoms with Crippen molar-refractivity contribution in [3.8, 4) is 24.3 Å². The zero-order chi connectivity index (χ0) is 32.7. The van der Waals surface area contributed by atoms with Gasteiger partial charge in [0.15, 0.2) is 0 Å². The summed E-state index contributed by atoms with van der Waals surface area (Å²) < 4.78 is 86.3. The van der Waals surface area contributed by atoms with E-state index in [0.717, 1.165) is 61.2 Å². The lowest BCUT2D eigenvalue weighted by atomic mass is 9.94. The lowest BCUT2D eigenvalue weighted by Gasteiger charge is -2.11. The molecule has 0 unspecified atom stereocenters. The molecule has 0 fully saturated rings. The van der Waals surface area contributed by atoms with Crippen molar-refractivity contribution in [3.05, 3.63) is 44.2 Å². The minimum absolute atomic E-state index is 0.305. The maximum absolute atomic E-state index is 14.2. The van der Waals surface area contributed by atoms with Crippen LogP contribution in [0.1, 0.15) is 86.1 Å². The number of allylic oxidation sites excluding steroid dienone is 4. The average Bonchev–Trinajstić information content (AvgIpc) is 3.58. The van der Waals surface area contributed by atoms with Gasteiger partial charge in [0.2, 0.25) is 0 Å². The highest BCUT2D eigenvalue weighted by Gasteiger charge is 2.41. The van der Waals surface area contributed by atoms with Crippen LogP contribution in [0.4, 0.5) is 26.3 Å². The van der Waals surface area contributed by atoms with E-state index in [1.54, 1.807) is 0 Å². The molecule has 3 rings (SSSR count). The first kappa shape index (κ1) is 34.6. The third-order valence-corrected chi connectivity index (χ3v) is 9.65. The highest BCUT2D eigenvalue weighted by Crippen LogP contribution is 2.49. The fourth-order valence-corrected chi connectivity index (χ4v) is 7.89. The number of alkyl halides is 6. The number of rotatable bonds is 12. The van der Waals surface area contributed by atoms with Gasteiger partial charge in [0, 0.05) is 19.2 Å². The van der Waals surface area contributed by atoms with Crippen molar-refractivity contribution in [2.24, 2.45) is 0 Å². The highest BCUT2D eigenvalue weighted by molar-refractivity contribution is 7.22. The molecule has 3 aromatic rings. The number of benzene rings is 1. The Bertz CT molecular complexity index is 1540. The van der Waals surface area contributed by atoms with Crippen LogP contribution >= 0.6 is 22.7 Å². The van der Waals surface area contributed by atoms with Crippen LogP contribution < -0.4 is 0 Å². The molecule has 44 heavy (non-hydrogen) atoms. The summed E-state index contributed by atoms with van der Waals surface area (Å²) in [5.41, 5.74) is -3.65. The summed E-state index contributed by atoms with van der Waals surface area (Å²) in [6.45, 7) is 4.03. The number of fused-ring (bicyclic) bond motifs is 2. The first-order valence-corrected chi connectivity index (χ1v) is 15.8. The minimum Gasteiger partial charge on any atom is -0.192 e. The second-order valence-electron chi connectivity index (χ2n) is 10.2. The van der Waals surface area contributed by atoms with Crippen LogP contribution in [0.5, 0.6) is 0 Å². The van der Waals surface area contributed by atoms with Crippen molar-refractivity contribution >= 4 is 54.0 Å². The van der Waals surface area contributed by atoms with Gasteiger partial charge in [-0.05, 0) is 59.7 Å². The van der Waals surface area contributed by atoms with E-state index in [2.05, 4.69) is 0 Å². The maximum Gasteiger partial charge on any atom is 0.419 e. The molecule has 0 aliphatic carbocycles. The molecule has 0 spiro atoms. The van der Waals surface area contributed by atoms with Crippen LogP contribution in [0, 0.1) is 45.3 Å². The van der Waals surface area contributed by atoms with Gasteiger partial charge in [-0.3, -0.25) is 0 Å². The molecule has 0 amide bonds. The number of unbranched alkanes of at least 4 members (excludes halogenated alkanes) is 6. The second kappa shape index (κ2) is 14.8. The summed E-state index contributed by atoms with van der Waals surface area (Å²) in [5, 5.41) is 38.2. The molecule has 0 atom stereocenters. The molecule has 12 heteroatoms. The van der Waals surface area contributed by atoms with Crippen molar-refractivity contribution in [2.75, 3.05) is 0 Å². The second-order valence-corrected chi connectivity index (χ2v) is 12.3. The van der Waals surface area contributed by atoms with Gasteiger partial charge in [0.25, 0.3) is 0 Å². The number of thiophene rings is 2. The van der Waals surface area contributed by atoms with Crippen molar-refractivity contribution in [1.82, 2.24) is 0 Å². The van der Waals surface area contributed by atoms with Crippen LogP contribution in [0.25, 0.3) is 31.3 Å². The first-order valence-electron chi connectivity index (χ1n) is 14.1. The molecule has 0 bridgehead atoms. The summed E-state index contributed by atoms with van der Waals surface area (Å²) in [6.07, 6.45) is -2.72. The van der Waals surface area contributed by atoms with Gasteiger partial charge in [-0.15, -0.1) is 22.7 Å². The van der Waals surface area contributed by atoms with Crippen LogP contribution in [0.3, 0.4) is 0 Å². The number of halogens is 6. The van der Waals surface area contributed by atoms with Gasteiger partial charge >= 0.3 is 12.4 Å². The van der Waals surface area contributed by atoms with E-state index in [-0.39, 0.29) is 9.75 Å². The van der Waals surface area contributed by atoms with E-state index >= 15 is 0 Å². The number of aryl methyl sites for hydroxylation is 2. The van der Waals surface area contributed by atoms with Crippen LogP contribution in [0.15, 0.2) is 23.3 Å². The van der Waals surface area contributed by atoms with Gasteiger partial charge < -0.3 is 0 Å². The molecule has 2 aromatic heterocycles. The molecular weight excluding hydrogens is 619 g/mol. The standard InChI is InChI=1S/C32H28F6N4S2/c1-3-5-7-9-11-21-23-13-25(27(31(33,34)35)19(15-39)16-40)44-30(23)22(12-10-8-6-4-2)24-14-26(43-29(21)24)28(32(36,37)38)20(17-41)18-42/h13-14H,3-12H2,1-2H3. The van der Waals surface area contributed by atoms with Crippen molar-refractivity contribution in [1.29, 1.82) is 21.0 Å². The Kier molecular flexibility index (Phi) is 11.6. The fraction of sp³-hybridized carbons (Fsp3) is 0.438. The van der Waals surface area contributed by atoms with Crippen molar-refractivity contribution in [3.63, 3.8) is 0 Å². The minimum atomic E-state index is -4.99. The predicted molar refractivity (Wildman–Crippen MR) is 161 cm³/mol. The molecule has 0 aliphatic rings. The molecule has 4 nitrogen and oxygen atoms in total. The Morgan fingerprint density at radius 2 is 0.932 bits per heavy atom.